The Morgan fingerprint density at radius 1 is 1.59 bits per heavy atom. The van der Waals surface area contributed by atoms with E-state index in [9.17, 15) is 9.59 Å². The molecule has 1 heterocycles. The highest BCUT2D eigenvalue weighted by Gasteiger charge is 2.26. The van der Waals surface area contributed by atoms with E-state index in [0.717, 1.165) is 19.3 Å². The van der Waals surface area contributed by atoms with E-state index in [1.807, 2.05) is 13.8 Å². The zero-order chi connectivity index (χ0) is 12.8. The molecule has 0 saturated carbocycles. The summed E-state index contributed by atoms with van der Waals surface area (Å²) in [5, 5.41) is 5.54. The van der Waals surface area contributed by atoms with Crippen LogP contribution in [0.1, 0.15) is 39.5 Å². The lowest BCUT2D eigenvalue weighted by Gasteiger charge is -2.21. The van der Waals surface area contributed by atoms with Crippen molar-refractivity contribution < 1.29 is 9.59 Å². The maximum atomic E-state index is 11.9. The zero-order valence-electron chi connectivity index (χ0n) is 10.7. The van der Waals surface area contributed by atoms with Crippen LogP contribution in [0, 0.1) is 5.92 Å². The van der Waals surface area contributed by atoms with Crippen molar-refractivity contribution in [2.75, 3.05) is 6.54 Å². The van der Waals surface area contributed by atoms with Crippen molar-refractivity contribution in [3.8, 4) is 0 Å². The minimum atomic E-state index is -0.531. The zero-order valence-corrected chi connectivity index (χ0v) is 10.7. The maximum absolute atomic E-state index is 11.9. The second kappa shape index (κ2) is 6.59. The highest BCUT2D eigenvalue weighted by molar-refractivity contribution is 5.89. The van der Waals surface area contributed by atoms with Gasteiger partial charge < -0.3 is 16.4 Å². The average molecular weight is 241 g/mol. The third kappa shape index (κ3) is 4.00. The van der Waals surface area contributed by atoms with Gasteiger partial charge >= 0.3 is 0 Å². The van der Waals surface area contributed by atoms with Gasteiger partial charge in [-0.1, -0.05) is 20.3 Å². The lowest BCUT2D eigenvalue weighted by atomic mass is 9.99. The van der Waals surface area contributed by atoms with Crippen LogP contribution >= 0.6 is 0 Å². The highest BCUT2D eigenvalue weighted by atomic mass is 16.2. The number of amides is 2. The Morgan fingerprint density at radius 3 is 2.94 bits per heavy atom. The third-order valence-electron chi connectivity index (χ3n) is 3.41. The molecule has 1 saturated heterocycles. The minimum Gasteiger partial charge on any atom is -0.354 e. The monoisotopic (exact) mass is 241 g/mol. The van der Waals surface area contributed by atoms with Crippen LogP contribution in [0.4, 0.5) is 0 Å². The lowest BCUT2D eigenvalue weighted by molar-refractivity contribution is -0.130. The van der Waals surface area contributed by atoms with Gasteiger partial charge in [-0.3, -0.25) is 9.59 Å². The van der Waals surface area contributed by atoms with Gasteiger partial charge in [0.15, 0.2) is 0 Å². The van der Waals surface area contributed by atoms with Crippen molar-refractivity contribution in [3.63, 3.8) is 0 Å². The molecule has 3 atom stereocenters. The van der Waals surface area contributed by atoms with E-state index in [1.54, 1.807) is 0 Å². The van der Waals surface area contributed by atoms with Gasteiger partial charge in [-0.05, 0) is 25.2 Å². The molecule has 1 unspecified atom stereocenters. The van der Waals surface area contributed by atoms with E-state index < -0.39 is 12.1 Å². The summed E-state index contributed by atoms with van der Waals surface area (Å²) in [6, 6.07) is -0.948. The number of hydrogen-bond donors (Lipinski definition) is 3. The Labute approximate surface area is 103 Å². The molecule has 0 bridgehead atoms. The van der Waals surface area contributed by atoms with E-state index in [0.29, 0.717) is 13.0 Å². The number of carbonyl (C=O) groups excluding carboxylic acids is 2. The summed E-state index contributed by atoms with van der Waals surface area (Å²) in [7, 11) is 0. The van der Waals surface area contributed by atoms with Gasteiger partial charge in [0.2, 0.25) is 11.8 Å². The van der Waals surface area contributed by atoms with Crippen LogP contribution in [-0.4, -0.2) is 30.4 Å². The minimum absolute atomic E-state index is 0.0906. The van der Waals surface area contributed by atoms with Crippen LogP contribution in [0.15, 0.2) is 0 Å². The molecule has 98 valence electrons. The van der Waals surface area contributed by atoms with Gasteiger partial charge in [-0.2, -0.15) is 0 Å². The van der Waals surface area contributed by atoms with E-state index in [-0.39, 0.29) is 17.7 Å². The first kappa shape index (κ1) is 14.0. The fourth-order valence-electron chi connectivity index (χ4n) is 1.86. The van der Waals surface area contributed by atoms with Crippen molar-refractivity contribution in [2.24, 2.45) is 11.7 Å². The topological polar surface area (TPSA) is 84.2 Å². The SMILES string of the molecule is CC[C@H](C)[C@H](N)C(=O)NC1CCCCNC1=O. The summed E-state index contributed by atoms with van der Waals surface area (Å²) in [5.74, 6) is -0.183. The molecule has 0 aromatic heterocycles. The standard InChI is InChI=1S/C12H23N3O2/c1-3-8(2)10(13)12(17)15-9-6-4-5-7-14-11(9)16/h8-10H,3-7,13H2,1-2H3,(H,14,16)(H,15,17)/t8-,9?,10-/m0/s1. The Bertz CT molecular complexity index is 281. The second-order valence-electron chi connectivity index (χ2n) is 4.76. The van der Waals surface area contributed by atoms with Gasteiger partial charge in [0, 0.05) is 6.54 Å². The Morgan fingerprint density at radius 2 is 2.29 bits per heavy atom. The first-order valence-electron chi connectivity index (χ1n) is 6.40. The number of nitrogens with one attached hydrogen (secondary N) is 2. The fourth-order valence-corrected chi connectivity index (χ4v) is 1.86. The van der Waals surface area contributed by atoms with Crippen LogP contribution in [0.2, 0.25) is 0 Å². The first-order chi connectivity index (χ1) is 8.06. The van der Waals surface area contributed by atoms with Gasteiger partial charge in [-0.15, -0.1) is 0 Å². The normalized spacial score (nSPS) is 24.4. The van der Waals surface area contributed by atoms with Crippen LogP contribution in [0.5, 0.6) is 0 Å². The first-order valence-corrected chi connectivity index (χ1v) is 6.40. The molecule has 1 rings (SSSR count). The molecule has 1 fully saturated rings. The molecule has 0 aromatic rings. The predicted molar refractivity (Wildman–Crippen MR) is 66.2 cm³/mol. The molecular formula is C12H23N3O2. The van der Waals surface area contributed by atoms with E-state index >= 15 is 0 Å². The lowest BCUT2D eigenvalue weighted by Crippen LogP contribution is -2.52. The van der Waals surface area contributed by atoms with Gasteiger partial charge in [0.1, 0.15) is 6.04 Å². The van der Waals surface area contributed by atoms with E-state index in [4.69, 9.17) is 5.73 Å². The third-order valence-corrected chi connectivity index (χ3v) is 3.41. The highest BCUT2D eigenvalue weighted by Crippen LogP contribution is 2.08. The molecule has 2 amide bonds. The molecular weight excluding hydrogens is 218 g/mol. The van der Waals surface area contributed by atoms with Crippen LogP contribution in [-0.2, 0) is 9.59 Å². The van der Waals surface area contributed by atoms with Crippen LogP contribution in [0.25, 0.3) is 0 Å². The molecule has 0 aliphatic carbocycles. The Balaban J connectivity index is 2.51. The van der Waals surface area contributed by atoms with E-state index in [1.165, 1.54) is 0 Å². The largest absolute Gasteiger partial charge is 0.354 e. The molecule has 4 N–H and O–H groups in total. The van der Waals surface area contributed by atoms with Gasteiger partial charge in [-0.25, -0.2) is 0 Å². The molecule has 1 aliphatic heterocycles. The molecule has 0 spiro atoms. The van der Waals surface area contributed by atoms with Crippen LogP contribution < -0.4 is 16.4 Å². The maximum Gasteiger partial charge on any atom is 0.242 e. The molecule has 0 aromatic carbocycles. The molecule has 1 aliphatic rings. The molecule has 5 heteroatoms. The summed E-state index contributed by atoms with van der Waals surface area (Å²) in [5.41, 5.74) is 5.83. The predicted octanol–water partition coefficient (Wildman–Crippen LogP) is 0.145. The summed E-state index contributed by atoms with van der Waals surface area (Å²) in [4.78, 5) is 23.5. The van der Waals surface area contributed by atoms with Crippen molar-refractivity contribution in [3.05, 3.63) is 0 Å². The summed E-state index contributed by atoms with van der Waals surface area (Å²) >= 11 is 0. The Kier molecular flexibility index (Phi) is 5.41. The second-order valence-corrected chi connectivity index (χ2v) is 4.76. The number of nitrogens with two attached hydrogens (primary N) is 1. The molecule has 17 heavy (non-hydrogen) atoms. The molecule has 0 radical (unpaired) electrons. The summed E-state index contributed by atoms with van der Waals surface area (Å²) in [6.07, 6.45) is 3.47. The summed E-state index contributed by atoms with van der Waals surface area (Å²) < 4.78 is 0. The molecule has 5 nitrogen and oxygen atoms in total. The van der Waals surface area contributed by atoms with Crippen molar-refractivity contribution >= 4 is 11.8 Å². The fraction of sp³-hybridized carbons (Fsp3) is 0.833. The van der Waals surface area contributed by atoms with Gasteiger partial charge in [0.25, 0.3) is 0 Å². The van der Waals surface area contributed by atoms with E-state index in [2.05, 4.69) is 10.6 Å². The van der Waals surface area contributed by atoms with Crippen LogP contribution in [0.3, 0.4) is 0 Å². The summed E-state index contributed by atoms with van der Waals surface area (Å²) in [6.45, 7) is 4.64. The number of hydrogen-bond acceptors (Lipinski definition) is 3. The van der Waals surface area contributed by atoms with Crippen molar-refractivity contribution in [1.29, 1.82) is 0 Å². The number of rotatable bonds is 4. The van der Waals surface area contributed by atoms with Crippen molar-refractivity contribution in [1.82, 2.24) is 10.6 Å². The van der Waals surface area contributed by atoms with Crippen molar-refractivity contribution in [2.45, 2.75) is 51.6 Å². The number of carbonyl (C=O) groups is 2. The average Bonchev–Trinajstić information content (AvgIpc) is 2.53. The smallest absolute Gasteiger partial charge is 0.242 e. The Hall–Kier alpha value is -1.10. The van der Waals surface area contributed by atoms with Gasteiger partial charge in [0.05, 0.1) is 6.04 Å². The quantitative estimate of drug-likeness (QED) is 0.655.